The predicted octanol–water partition coefficient (Wildman–Crippen LogP) is 0.438. The maximum Gasteiger partial charge on any atom is 0.310 e. The summed E-state index contributed by atoms with van der Waals surface area (Å²) >= 11 is 0. The molecule has 1 heterocycles. The predicted molar refractivity (Wildman–Crippen MR) is 80.4 cm³/mol. The van der Waals surface area contributed by atoms with E-state index in [1.165, 1.54) is 0 Å². The monoisotopic (exact) mass is 352 g/mol. The maximum absolute atomic E-state index is 11.6. The topological polar surface area (TPSA) is 105 Å². The lowest BCUT2D eigenvalue weighted by Crippen LogP contribution is -2.43. The van der Waals surface area contributed by atoms with Crippen LogP contribution in [0.4, 0.5) is 0 Å². The van der Waals surface area contributed by atoms with Gasteiger partial charge in [-0.15, -0.1) is 0 Å². The van der Waals surface area contributed by atoms with Gasteiger partial charge in [-0.3, -0.25) is 9.59 Å². The quantitative estimate of drug-likeness (QED) is 0.579. The molecular weight excluding hydrogens is 328 g/mol. The Hall–Kier alpha value is -1.19. The molecule has 0 spiro atoms. The molecule has 0 aliphatic carbocycles. The Bertz CT molecular complexity index is 473. The van der Waals surface area contributed by atoms with E-state index in [0.29, 0.717) is 0 Å². The number of ether oxygens (including phenoxy) is 4. The Kier molecular flexibility index (Phi) is 7.93. The third kappa shape index (κ3) is 8.29. The molecule has 1 saturated heterocycles. The second-order valence-corrected chi connectivity index (χ2v) is 7.48. The third-order valence-corrected chi connectivity index (χ3v) is 4.02. The van der Waals surface area contributed by atoms with E-state index in [-0.39, 0.29) is 38.2 Å². The van der Waals surface area contributed by atoms with Crippen LogP contribution in [0.25, 0.3) is 0 Å². The van der Waals surface area contributed by atoms with Gasteiger partial charge in [-0.1, -0.05) is 0 Å². The number of sulfone groups is 1. The molecule has 0 amide bonds. The van der Waals surface area contributed by atoms with Crippen molar-refractivity contribution in [2.75, 3.05) is 25.2 Å². The molecule has 0 N–H and O–H groups in total. The minimum absolute atomic E-state index is 0.0171. The zero-order chi connectivity index (χ0) is 17.5. The molecule has 3 atom stereocenters. The fraction of sp³-hybridized carbons (Fsp3) is 0.857. The van der Waals surface area contributed by atoms with Crippen LogP contribution >= 0.6 is 0 Å². The highest BCUT2D eigenvalue weighted by atomic mass is 32.2. The number of rotatable bonds is 8. The molecule has 0 aromatic heterocycles. The van der Waals surface area contributed by atoms with Gasteiger partial charge in [-0.25, -0.2) is 8.42 Å². The Morgan fingerprint density at radius 3 is 2.04 bits per heavy atom. The summed E-state index contributed by atoms with van der Waals surface area (Å²) < 4.78 is 43.7. The van der Waals surface area contributed by atoms with E-state index < -0.39 is 40.3 Å². The second-order valence-electron chi connectivity index (χ2n) is 5.29. The minimum Gasteiger partial charge on any atom is -0.466 e. The van der Waals surface area contributed by atoms with Crippen LogP contribution in [0, 0.1) is 0 Å². The molecule has 9 heteroatoms. The van der Waals surface area contributed by atoms with Crippen LogP contribution in [0.2, 0.25) is 0 Å². The number of hydrogen-bond donors (Lipinski definition) is 0. The first-order chi connectivity index (χ1) is 10.7. The lowest BCUT2D eigenvalue weighted by molar-refractivity contribution is -0.242. The van der Waals surface area contributed by atoms with Crippen LogP contribution in [-0.2, 0) is 38.4 Å². The van der Waals surface area contributed by atoms with Crippen LogP contribution in [0.15, 0.2) is 0 Å². The Balaban J connectivity index is 2.70. The molecule has 0 radical (unpaired) electrons. The van der Waals surface area contributed by atoms with Crippen LogP contribution in [0.5, 0.6) is 0 Å². The molecule has 1 aliphatic heterocycles. The van der Waals surface area contributed by atoms with Crippen molar-refractivity contribution in [3.8, 4) is 0 Å². The van der Waals surface area contributed by atoms with Gasteiger partial charge >= 0.3 is 11.9 Å². The highest BCUT2D eigenvalue weighted by molar-refractivity contribution is 7.90. The molecule has 0 aromatic carbocycles. The van der Waals surface area contributed by atoms with Crippen LogP contribution in [0.3, 0.4) is 0 Å². The van der Waals surface area contributed by atoms with Gasteiger partial charge in [-0.05, 0) is 13.8 Å². The van der Waals surface area contributed by atoms with Gasteiger partial charge in [0.1, 0.15) is 9.84 Å². The summed E-state index contributed by atoms with van der Waals surface area (Å²) in [6.45, 7) is 3.85. The zero-order valence-corrected chi connectivity index (χ0v) is 14.5. The molecule has 8 nitrogen and oxygen atoms in total. The lowest BCUT2D eigenvalue weighted by Gasteiger charge is -2.34. The first-order valence-corrected chi connectivity index (χ1v) is 9.59. The molecule has 134 valence electrons. The highest BCUT2D eigenvalue weighted by Gasteiger charge is 2.34. The number of carbonyl (C=O) groups excluding carboxylic acids is 2. The first kappa shape index (κ1) is 19.9. The summed E-state index contributed by atoms with van der Waals surface area (Å²) in [7, 11) is -3.26. The Labute approximate surface area is 136 Å². The van der Waals surface area contributed by atoms with E-state index in [1.807, 2.05) is 0 Å². The van der Waals surface area contributed by atoms with Gasteiger partial charge in [0.05, 0.1) is 44.0 Å². The van der Waals surface area contributed by atoms with E-state index in [1.54, 1.807) is 13.8 Å². The summed E-state index contributed by atoms with van der Waals surface area (Å²) in [6.07, 6.45) is -0.970. The summed E-state index contributed by atoms with van der Waals surface area (Å²) in [5.74, 6) is -1.14. The van der Waals surface area contributed by atoms with E-state index in [4.69, 9.17) is 18.9 Å². The average molecular weight is 352 g/mol. The van der Waals surface area contributed by atoms with Crippen LogP contribution in [0.1, 0.15) is 33.1 Å². The minimum atomic E-state index is -3.26. The molecule has 1 unspecified atom stereocenters. The molecule has 1 fully saturated rings. The molecule has 1 aliphatic rings. The van der Waals surface area contributed by atoms with Crippen molar-refractivity contribution in [1.29, 1.82) is 0 Å². The van der Waals surface area contributed by atoms with Gasteiger partial charge < -0.3 is 18.9 Å². The fourth-order valence-electron chi connectivity index (χ4n) is 2.30. The maximum atomic E-state index is 11.6. The van der Waals surface area contributed by atoms with Gasteiger partial charge in [0, 0.05) is 12.7 Å². The number of hydrogen-bond acceptors (Lipinski definition) is 8. The normalized spacial score (nSPS) is 24.9. The van der Waals surface area contributed by atoms with Crippen molar-refractivity contribution >= 4 is 21.8 Å². The SMILES string of the molecule is CCOC(=O)CC1O[C@@H](CC(=O)OCC)C[C@@H](CS(C)(=O)=O)O1. The summed E-state index contributed by atoms with van der Waals surface area (Å²) in [4.78, 5) is 23.1. The third-order valence-electron chi connectivity index (χ3n) is 3.04. The molecular formula is C14H24O8S. The standard InChI is InChI=1S/C14H24O8S/c1-4-19-12(15)7-10-6-11(9-23(3,17)18)22-14(21-10)8-13(16)20-5-2/h10-11,14H,4-9H2,1-3H3/t10-,11+,14?/m1/s1. The van der Waals surface area contributed by atoms with E-state index in [2.05, 4.69) is 0 Å². The van der Waals surface area contributed by atoms with E-state index in [9.17, 15) is 18.0 Å². The smallest absolute Gasteiger partial charge is 0.310 e. The van der Waals surface area contributed by atoms with Crippen molar-refractivity contribution in [3.05, 3.63) is 0 Å². The molecule has 23 heavy (non-hydrogen) atoms. The van der Waals surface area contributed by atoms with Gasteiger partial charge in [0.2, 0.25) is 0 Å². The Morgan fingerprint density at radius 2 is 1.52 bits per heavy atom. The molecule has 0 saturated carbocycles. The second kappa shape index (κ2) is 9.19. The summed E-state index contributed by atoms with van der Waals surface area (Å²) in [6, 6.07) is 0. The van der Waals surface area contributed by atoms with Crippen molar-refractivity contribution in [2.45, 2.75) is 51.6 Å². The van der Waals surface area contributed by atoms with Gasteiger partial charge in [-0.2, -0.15) is 0 Å². The fourth-order valence-corrected chi connectivity index (χ4v) is 3.19. The summed E-state index contributed by atoms with van der Waals surface area (Å²) in [5.41, 5.74) is 0. The molecule has 0 bridgehead atoms. The molecule has 1 rings (SSSR count). The first-order valence-electron chi connectivity index (χ1n) is 7.53. The summed E-state index contributed by atoms with van der Waals surface area (Å²) in [5, 5.41) is 0. The van der Waals surface area contributed by atoms with Crippen LogP contribution in [-0.4, -0.2) is 64.1 Å². The van der Waals surface area contributed by atoms with Crippen molar-refractivity contribution < 1.29 is 37.0 Å². The number of carbonyl (C=O) groups is 2. The highest BCUT2D eigenvalue weighted by Crippen LogP contribution is 2.24. The molecule has 0 aromatic rings. The largest absolute Gasteiger partial charge is 0.466 e. The van der Waals surface area contributed by atoms with Crippen molar-refractivity contribution in [2.24, 2.45) is 0 Å². The lowest BCUT2D eigenvalue weighted by atomic mass is 10.1. The Morgan fingerprint density at radius 1 is 1.00 bits per heavy atom. The van der Waals surface area contributed by atoms with Crippen molar-refractivity contribution in [1.82, 2.24) is 0 Å². The van der Waals surface area contributed by atoms with E-state index in [0.717, 1.165) is 6.26 Å². The van der Waals surface area contributed by atoms with Crippen LogP contribution < -0.4 is 0 Å². The van der Waals surface area contributed by atoms with Gasteiger partial charge in [0.25, 0.3) is 0 Å². The average Bonchev–Trinajstić information content (AvgIpc) is 2.36. The van der Waals surface area contributed by atoms with E-state index >= 15 is 0 Å². The van der Waals surface area contributed by atoms with Gasteiger partial charge in [0.15, 0.2) is 6.29 Å². The zero-order valence-electron chi connectivity index (χ0n) is 13.6. The number of esters is 2. The van der Waals surface area contributed by atoms with Crippen molar-refractivity contribution in [3.63, 3.8) is 0 Å².